The molecule has 1 saturated carbocycles. The largest absolute Gasteiger partial charge is 0.427 e. The van der Waals surface area contributed by atoms with Crippen LogP contribution in [0.1, 0.15) is 39.5 Å². The topological polar surface area (TPSA) is 52.6 Å². The van der Waals surface area contributed by atoms with Gasteiger partial charge in [0.25, 0.3) is 0 Å². The summed E-state index contributed by atoms with van der Waals surface area (Å²) in [7, 11) is 0. The molecule has 0 N–H and O–H groups in total. The molecule has 124 valence electrons. The van der Waals surface area contributed by atoms with Crippen LogP contribution in [-0.2, 0) is 19.1 Å². The van der Waals surface area contributed by atoms with Gasteiger partial charge < -0.3 is 9.47 Å². The highest BCUT2D eigenvalue weighted by Crippen LogP contribution is 2.68. The van der Waals surface area contributed by atoms with E-state index in [1.807, 2.05) is 26.0 Å². The Morgan fingerprint density at radius 3 is 2.71 bits per heavy atom. The number of hydrogen-bond acceptors (Lipinski definition) is 4. The maximum atomic E-state index is 12.7. The molecule has 0 aromatic rings. The molecular formula is C20H20O4. The SMILES string of the molecule is C/C=C1\OC(=O)C2=C1CCC1C3C=C4C(=O)O/C(=C\C)C4(CC3)[C@H]21. The van der Waals surface area contributed by atoms with Gasteiger partial charge in [0.15, 0.2) is 0 Å². The van der Waals surface area contributed by atoms with Gasteiger partial charge in [-0.1, -0.05) is 6.08 Å². The van der Waals surface area contributed by atoms with E-state index in [4.69, 9.17) is 9.47 Å². The van der Waals surface area contributed by atoms with Crippen LogP contribution in [0, 0.1) is 23.2 Å². The highest BCUT2D eigenvalue weighted by atomic mass is 16.5. The molecule has 2 bridgehead atoms. The number of esters is 2. The van der Waals surface area contributed by atoms with Gasteiger partial charge in [-0.3, -0.25) is 0 Å². The minimum absolute atomic E-state index is 0.0163. The van der Waals surface area contributed by atoms with Gasteiger partial charge in [-0.2, -0.15) is 0 Å². The highest BCUT2D eigenvalue weighted by Gasteiger charge is 2.66. The van der Waals surface area contributed by atoms with Crippen LogP contribution in [0.5, 0.6) is 0 Å². The molecule has 2 fully saturated rings. The summed E-state index contributed by atoms with van der Waals surface area (Å²) < 4.78 is 11.2. The van der Waals surface area contributed by atoms with E-state index in [1.54, 1.807) is 0 Å². The van der Waals surface area contributed by atoms with Crippen LogP contribution in [-0.4, -0.2) is 11.9 Å². The van der Waals surface area contributed by atoms with Gasteiger partial charge in [0.05, 0.1) is 5.41 Å². The maximum absolute atomic E-state index is 12.7. The Labute approximate surface area is 140 Å². The summed E-state index contributed by atoms with van der Waals surface area (Å²) >= 11 is 0. The summed E-state index contributed by atoms with van der Waals surface area (Å²) in [6.07, 6.45) is 9.80. The van der Waals surface area contributed by atoms with Crippen molar-refractivity contribution in [2.24, 2.45) is 23.2 Å². The summed E-state index contributed by atoms with van der Waals surface area (Å²) in [5.41, 5.74) is 2.20. The standard InChI is InChI=1S/C20H20O4/c1-3-14-12-6-5-11-10-7-8-20(17(11)16(12)19(22)23-14)13(9-10)18(21)24-15(20)4-2/h3-4,9-11,17H,5-8H2,1-2H3/b14-3-,15-4-/t10?,11?,17-,20?/m0/s1. The number of rotatable bonds is 0. The van der Waals surface area contributed by atoms with Crippen LogP contribution >= 0.6 is 0 Å². The molecule has 3 unspecified atom stereocenters. The zero-order valence-electron chi connectivity index (χ0n) is 13.9. The first kappa shape index (κ1) is 14.3. The minimum atomic E-state index is -0.450. The molecule has 0 radical (unpaired) electrons. The van der Waals surface area contributed by atoms with Gasteiger partial charge in [-0.15, -0.1) is 0 Å². The summed E-state index contributed by atoms with van der Waals surface area (Å²) in [5.74, 6) is 1.79. The number of carbonyl (C=O) groups excluding carboxylic acids is 2. The van der Waals surface area contributed by atoms with E-state index < -0.39 is 5.41 Å². The second kappa shape index (κ2) is 4.50. The van der Waals surface area contributed by atoms with E-state index in [0.29, 0.717) is 17.6 Å². The number of hydrogen-bond donors (Lipinski definition) is 0. The second-order valence-electron chi connectivity index (χ2n) is 7.41. The first-order chi connectivity index (χ1) is 11.6. The average Bonchev–Trinajstić information content (AvgIpc) is 3.10. The third-order valence-electron chi connectivity index (χ3n) is 6.71. The lowest BCUT2D eigenvalue weighted by Gasteiger charge is -2.54. The van der Waals surface area contributed by atoms with E-state index in [0.717, 1.165) is 48.2 Å². The van der Waals surface area contributed by atoms with Crippen molar-refractivity contribution in [2.75, 3.05) is 0 Å². The van der Waals surface area contributed by atoms with E-state index in [2.05, 4.69) is 6.08 Å². The molecule has 2 aliphatic heterocycles. The summed E-state index contributed by atoms with van der Waals surface area (Å²) in [5, 5.41) is 0. The Morgan fingerprint density at radius 1 is 1.12 bits per heavy atom. The van der Waals surface area contributed by atoms with Gasteiger partial charge in [0.1, 0.15) is 11.5 Å². The molecule has 6 rings (SSSR count). The Balaban J connectivity index is 1.78. The first-order valence-corrected chi connectivity index (χ1v) is 8.85. The number of ether oxygens (including phenoxy) is 2. The minimum Gasteiger partial charge on any atom is -0.427 e. The van der Waals surface area contributed by atoms with Crippen molar-refractivity contribution in [3.8, 4) is 0 Å². The van der Waals surface area contributed by atoms with Gasteiger partial charge in [-0.05, 0) is 63.5 Å². The maximum Gasteiger partial charge on any atom is 0.340 e. The predicted octanol–water partition coefficient (Wildman–Crippen LogP) is 3.57. The normalized spacial score (nSPS) is 42.8. The van der Waals surface area contributed by atoms with Crippen LogP contribution < -0.4 is 0 Å². The van der Waals surface area contributed by atoms with E-state index in [9.17, 15) is 9.59 Å². The zero-order chi connectivity index (χ0) is 16.6. The van der Waals surface area contributed by atoms with Crippen LogP contribution in [0.15, 0.2) is 46.5 Å². The van der Waals surface area contributed by atoms with E-state index in [-0.39, 0.29) is 17.9 Å². The van der Waals surface area contributed by atoms with Crippen molar-refractivity contribution in [3.05, 3.63) is 46.5 Å². The number of cyclic esters (lactones) is 2. The second-order valence-corrected chi connectivity index (χ2v) is 7.41. The monoisotopic (exact) mass is 324 g/mol. The molecule has 0 aromatic carbocycles. The Kier molecular flexibility index (Phi) is 2.67. The molecule has 0 aromatic heterocycles. The fourth-order valence-electron chi connectivity index (χ4n) is 5.90. The van der Waals surface area contributed by atoms with Gasteiger partial charge >= 0.3 is 11.9 Å². The van der Waals surface area contributed by atoms with Crippen molar-refractivity contribution in [3.63, 3.8) is 0 Å². The first-order valence-electron chi connectivity index (χ1n) is 8.85. The third-order valence-corrected chi connectivity index (χ3v) is 6.71. The molecule has 24 heavy (non-hydrogen) atoms. The fourth-order valence-corrected chi connectivity index (χ4v) is 5.90. The average molecular weight is 324 g/mol. The number of allylic oxidation sites excluding steroid dienone is 5. The van der Waals surface area contributed by atoms with Crippen molar-refractivity contribution < 1.29 is 19.1 Å². The molecule has 1 spiro atoms. The third kappa shape index (κ3) is 1.41. The lowest BCUT2D eigenvalue weighted by atomic mass is 9.47. The molecule has 6 aliphatic rings. The predicted molar refractivity (Wildman–Crippen MR) is 86.2 cm³/mol. The van der Waals surface area contributed by atoms with Crippen LogP contribution in [0.3, 0.4) is 0 Å². The Bertz CT molecular complexity index is 809. The smallest absolute Gasteiger partial charge is 0.340 e. The lowest BCUT2D eigenvalue weighted by Crippen LogP contribution is -2.50. The molecule has 4 aliphatic carbocycles. The molecule has 4 heteroatoms. The number of fused-ring (bicyclic) bond motifs is 1. The van der Waals surface area contributed by atoms with Crippen molar-refractivity contribution in [2.45, 2.75) is 39.5 Å². The lowest BCUT2D eigenvalue weighted by molar-refractivity contribution is -0.135. The van der Waals surface area contributed by atoms with Crippen LogP contribution in [0.2, 0.25) is 0 Å². The number of carbonyl (C=O) groups is 2. The van der Waals surface area contributed by atoms with Crippen LogP contribution in [0.25, 0.3) is 0 Å². The zero-order valence-corrected chi connectivity index (χ0v) is 13.9. The van der Waals surface area contributed by atoms with Crippen molar-refractivity contribution >= 4 is 11.9 Å². The van der Waals surface area contributed by atoms with Gasteiger partial charge in [0.2, 0.25) is 0 Å². The highest BCUT2D eigenvalue weighted by molar-refractivity contribution is 5.99. The van der Waals surface area contributed by atoms with Gasteiger partial charge in [0, 0.05) is 22.6 Å². The fraction of sp³-hybridized carbons (Fsp3) is 0.500. The molecule has 1 saturated heterocycles. The molecule has 4 atom stereocenters. The molecule has 2 heterocycles. The molecule has 4 nitrogen and oxygen atoms in total. The van der Waals surface area contributed by atoms with Crippen LogP contribution in [0.4, 0.5) is 0 Å². The molecular weight excluding hydrogens is 304 g/mol. The Morgan fingerprint density at radius 2 is 1.96 bits per heavy atom. The molecule has 0 amide bonds. The van der Waals surface area contributed by atoms with Crippen molar-refractivity contribution in [1.82, 2.24) is 0 Å². The quantitative estimate of drug-likeness (QED) is 0.639. The Hall–Kier alpha value is -2.10. The summed E-state index contributed by atoms with van der Waals surface area (Å²) in [6.45, 7) is 3.82. The summed E-state index contributed by atoms with van der Waals surface area (Å²) in [4.78, 5) is 25.1. The van der Waals surface area contributed by atoms with E-state index >= 15 is 0 Å². The van der Waals surface area contributed by atoms with Crippen molar-refractivity contribution in [1.29, 1.82) is 0 Å². The van der Waals surface area contributed by atoms with E-state index in [1.165, 1.54) is 0 Å². The van der Waals surface area contributed by atoms with Gasteiger partial charge in [-0.25, -0.2) is 9.59 Å². The summed E-state index contributed by atoms with van der Waals surface area (Å²) in [6, 6.07) is 0.